The number of carboxylic acids is 1. The fraction of sp³-hybridized carbons (Fsp3) is 0.263. The van der Waals surface area contributed by atoms with Crippen molar-refractivity contribution in [3.05, 3.63) is 58.6 Å². The third-order valence-electron chi connectivity index (χ3n) is 4.47. The molecule has 2 aromatic carbocycles. The van der Waals surface area contributed by atoms with Gasteiger partial charge in [0.2, 0.25) is 0 Å². The smallest absolute Gasteiger partial charge is 0.337 e. The molecule has 5 nitrogen and oxygen atoms in total. The van der Waals surface area contributed by atoms with E-state index in [2.05, 4.69) is 46.3 Å². The number of aryl methyl sites for hydroxylation is 1. The van der Waals surface area contributed by atoms with Crippen molar-refractivity contribution in [3.8, 4) is 0 Å². The fourth-order valence-electron chi connectivity index (χ4n) is 3.04. The van der Waals surface area contributed by atoms with Crippen molar-refractivity contribution in [2.24, 2.45) is 0 Å². The molecule has 0 spiro atoms. The Balaban J connectivity index is 1.60. The van der Waals surface area contributed by atoms with E-state index in [0.717, 1.165) is 26.2 Å². The third kappa shape index (κ3) is 4.08. The molecule has 0 bridgehead atoms. The molecule has 0 radical (unpaired) electrons. The van der Waals surface area contributed by atoms with Gasteiger partial charge in [-0.1, -0.05) is 29.8 Å². The second-order valence-corrected chi connectivity index (χ2v) is 6.98. The molecule has 0 unspecified atom stereocenters. The highest BCUT2D eigenvalue weighted by atomic mass is 35.5. The van der Waals surface area contributed by atoms with Gasteiger partial charge in [0, 0.05) is 37.6 Å². The number of halogens is 1. The second-order valence-electron chi connectivity index (χ2n) is 6.19. The minimum atomic E-state index is -1.04. The Morgan fingerprint density at radius 2 is 1.85 bits per heavy atom. The van der Waals surface area contributed by atoms with Crippen molar-refractivity contribution < 1.29 is 9.90 Å². The molecule has 0 aliphatic carbocycles. The van der Waals surface area contributed by atoms with Crippen LogP contribution in [0.2, 0.25) is 5.02 Å². The summed E-state index contributed by atoms with van der Waals surface area (Å²) >= 11 is 11.5. The summed E-state index contributed by atoms with van der Waals surface area (Å²) in [5.41, 5.74) is 3.30. The lowest BCUT2D eigenvalue weighted by atomic mass is 10.1. The molecule has 1 fully saturated rings. The molecular weight excluding hydrogens is 370 g/mol. The molecule has 1 aliphatic heterocycles. The van der Waals surface area contributed by atoms with Crippen LogP contribution in [-0.2, 0) is 0 Å². The first-order valence-electron chi connectivity index (χ1n) is 8.35. The van der Waals surface area contributed by atoms with Gasteiger partial charge in [-0.15, -0.1) is 0 Å². The van der Waals surface area contributed by atoms with Crippen LogP contribution >= 0.6 is 23.8 Å². The number of aromatic carboxylic acids is 1. The van der Waals surface area contributed by atoms with E-state index in [9.17, 15) is 4.79 Å². The summed E-state index contributed by atoms with van der Waals surface area (Å²) in [4.78, 5) is 15.5. The molecule has 2 aromatic rings. The van der Waals surface area contributed by atoms with E-state index in [-0.39, 0.29) is 10.6 Å². The Hall–Kier alpha value is -2.31. The molecule has 0 atom stereocenters. The molecule has 0 amide bonds. The number of piperazine rings is 1. The van der Waals surface area contributed by atoms with E-state index in [1.165, 1.54) is 17.3 Å². The molecule has 26 heavy (non-hydrogen) atoms. The highest BCUT2D eigenvalue weighted by Gasteiger charge is 2.20. The van der Waals surface area contributed by atoms with Crippen molar-refractivity contribution in [2.45, 2.75) is 6.92 Å². The van der Waals surface area contributed by atoms with Crippen LogP contribution in [-0.4, -0.2) is 47.3 Å². The molecular formula is C19H20ClN3O2S. The number of para-hydroxylation sites is 1. The summed E-state index contributed by atoms with van der Waals surface area (Å²) in [5, 5.41) is 13.0. The van der Waals surface area contributed by atoms with E-state index in [1.807, 2.05) is 0 Å². The summed E-state index contributed by atoms with van der Waals surface area (Å²) in [5.74, 6) is -1.04. The maximum atomic E-state index is 11.0. The molecule has 136 valence electrons. The largest absolute Gasteiger partial charge is 0.478 e. The summed E-state index contributed by atoms with van der Waals surface area (Å²) in [6.45, 7) is 5.55. The first kappa shape index (κ1) is 18.5. The summed E-state index contributed by atoms with van der Waals surface area (Å²) in [7, 11) is 0. The van der Waals surface area contributed by atoms with Gasteiger partial charge in [0.15, 0.2) is 5.11 Å². The lowest BCUT2D eigenvalue weighted by molar-refractivity contribution is 0.0697. The van der Waals surface area contributed by atoms with Gasteiger partial charge in [-0.25, -0.2) is 4.79 Å². The zero-order valence-corrected chi connectivity index (χ0v) is 16.0. The highest BCUT2D eigenvalue weighted by Crippen LogP contribution is 2.23. The predicted molar refractivity (Wildman–Crippen MR) is 110 cm³/mol. The van der Waals surface area contributed by atoms with Crippen LogP contribution in [0.25, 0.3) is 0 Å². The standard InChI is InChI=1S/C19H20ClN3O2S/c1-13-4-2-3-5-17(13)22-8-10-23(11-9-22)19(26)21-14-6-7-15(18(24)25)16(20)12-14/h2-7,12H,8-11H2,1H3,(H,21,26)(H,24,25). The van der Waals surface area contributed by atoms with Gasteiger partial charge in [-0.05, 0) is 49.0 Å². The molecule has 1 aliphatic rings. The van der Waals surface area contributed by atoms with Crippen LogP contribution in [0.15, 0.2) is 42.5 Å². The number of nitrogens with one attached hydrogen (secondary N) is 1. The Kier molecular flexibility index (Phi) is 5.64. The van der Waals surface area contributed by atoms with Gasteiger partial charge in [0.1, 0.15) is 0 Å². The van der Waals surface area contributed by atoms with Gasteiger partial charge in [-0.2, -0.15) is 0 Å². The SMILES string of the molecule is Cc1ccccc1N1CCN(C(=S)Nc2ccc(C(=O)O)c(Cl)c2)CC1. The van der Waals surface area contributed by atoms with Crippen LogP contribution in [0.5, 0.6) is 0 Å². The Bertz CT molecular complexity index is 835. The lowest BCUT2D eigenvalue weighted by Crippen LogP contribution is -2.50. The normalized spacial score (nSPS) is 14.2. The zero-order chi connectivity index (χ0) is 18.7. The Morgan fingerprint density at radius 1 is 1.15 bits per heavy atom. The van der Waals surface area contributed by atoms with Crippen molar-refractivity contribution in [3.63, 3.8) is 0 Å². The lowest BCUT2D eigenvalue weighted by Gasteiger charge is -2.38. The van der Waals surface area contributed by atoms with Crippen LogP contribution in [0.3, 0.4) is 0 Å². The number of hydrogen-bond donors (Lipinski definition) is 2. The molecule has 0 saturated carbocycles. The van der Waals surface area contributed by atoms with Crippen LogP contribution < -0.4 is 10.2 Å². The summed E-state index contributed by atoms with van der Waals surface area (Å²) in [6.07, 6.45) is 0. The Labute approximate surface area is 163 Å². The van der Waals surface area contributed by atoms with Crippen molar-refractivity contribution in [1.29, 1.82) is 0 Å². The zero-order valence-electron chi connectivity index (χ0n) is 14.4. The third-order valence-corrected chi connectivity index (χ3v) is 5.15. The first-order chi connectivity index (χ1) is 12.5. The van der Waals surface area contributed by atoms with Crippen molar-refractivity contribution in [1.82, 2.24) is 4.90 Å². The monoisotopic (exact) mass is 389 g/mol. The van der Waals surface area contributed by atoms with Crippen LogP contribution in [0, 0.1) is 6.92 Å². The number of rotatable bonds is 3. The average Bonchev–Trinajstić information content (AvgIpc) is 2.62. The fourth-order valence-corrected chi connectivity index (χ4v) is 3.60. The van der Waals surface area contributed by atoms with Gasteiger partial charge in [-0.3, -0.25) is 0 Å². The van der Waals surface area contributed by atoms with Crippen molar-refractivity contribution >= 4 is 46.3 Å². The van der Waals surface area contributed by atoms with Gasteiger partial charge in [0.05, 0.1) is 10.6 Å². The predicted octanol–water partition coefficient (Wildman–Crippen LogP) is 3.87. The highest BCUT2D eigenvalue weighted by molar-refractivity contribution is 7.80. The quantitative estimate of drug-likeness (QED) is 0.777. The number of carbonyl (C=O) groups is 1. The maximum absolute atomic E-state index is 11.0. The number of anilines is 2. The number of thiocarbonyl (C=S) groups is 1. The van der Waals surface area contributed by atoms with Crippen LogP contribution in [0.1, 0.15) is 15.9 Å². The molecule has 2 N–H and O–H groups in total. The number of hydrogen-bond acceptors (Lipinski definition) is 3. The van der Waals surface area contributed by atoms with E-state index < -0.39 is 5.97 Å². The van der Waals surface area contributed by atoms with Crippen molar-refractivity contribution in [2.75, 3.05) is 36.4 Å². The molecule has 7 heteroatoms. The van der Waals surface area contributed by atoms with E-state index >= 15 is 0 Å². The number of carboxylic acid groups (broad SMARTS) is 1. The average molecular weight is 390 g/mol. The second kappa shape index (κ2) is 7.93. The molecule has 1 heterocycles. The molecule has 1 saturated heterocycles. The summed E-state index contributed by atoms with van der Waals surface area (Å²) in [6, 6.07) is 13.1. The van der Waals surface area contributed by atoms with E-state index in [0.29, 0.717) is 10.8 Å². The molecule has 3 rings (SSSR count). The number of benzene rings is 2. The van der Waals surface area contributed by atoms with Crippen LogP contribution in [0.4, 0.5) is 11.4 Å². The van der Waals surface area contributed by atoms with E-state index in [1.54, 1.807) is 12.1 Å². The van der Waals surface area contributed by atoms with Gasteiger partial charge >= 0.3 is 5.97 Å². The Morgan fingerprint density at radius 3 is 2.46 bits per heavy atom. The topological polar surface area (TPSA) is 55.8 Å². The minimum absolute atomic E-state index is 0.0787. The summed E-state index contributed by atoms with van der Waals surface area (Å²) < 4.78 is 0. The van der Waals surface area contributed by atoms with E-state index in [4.69, 9.17) is 28.9 Å². The maximum Gasteiger partial charge on any atom is 0.337 e. The first-order valence-corrected chi connectivity index (χ1v) is 9.13. The minimum Gasteiger partial charge on any atom is -0.478 e. The van der Waals surface area contributed by atoms with Gasteiger partial charge in [0.25, 0.3) is 0 Å². The molecule has 0 aromatic heterocycles. The van der Waals surface area contributed by atoms with Gasteiger partial charge < -0.3 is 20.2 Å². The number of nitrogens with zero attached hydrogens (tertiary/aromatic N) is 2.